The highest BCUT2D eigenvalue weighted by Crippen LogP contribution is 2.05. The summed E-state index contributed by atoms with van der Waals surface area (Å²) in [4.78, 5) is 15.0. The number of aromatic carboxylic acids is 1. The van der Waals surface area contributed by atoms with Crippen LogP contribution in [0.3, 0.4) is 0 Å². The van der Waals surface area contributed by atoms with Gasteiger partial charge in [-0.15, -0.1) is 0 Å². The van der Waals surface area contributed by atoms with E-state index in [1.807, 2.05) is 0 Å². The first-order chi connectivity index (χ1) is 7.70. The van der Waals surface area contributed by atoms with Gasteiger partial charge in [0.15, 0.2) is 11.5 Å². The maximum absolute atomic E-state index is 10.7. The molecule has 1 N–H and O–H groups in total. The first-order valence-electron chi connectivity index (χ1n) is 4.78. The normalized spacial score (nSPS) is 10.8. The molecule has 0 aromatic carbocycles. The smallest absolute Gasteiger partial charge is 0.337 e. The molecule has 0 unspecified atom stereocenters. The Morgan fingerprint density at radius 2 is 2.38 bits per heavy atom. The van der Waals surface area contributed by atoms with Crippen LogP contribution in [-0.4, -0.2) is 39.4 Å². The number of aromatic nitrogens is 3. The zero-order chi connectivity index (χ0) is 11.5. The van der Waals surface area contributed by atoms with Gasteiger partial charge in [0.25, 0.3) is 0 Å². The minimum atomic E-state index is -0.976. The Morgan fingerprint density at radius 1 is 1.56 bits per heavy atom. The highest BCUT2D eigenvalue weighted by atomic mass is 16.5. The van der Waals surface area contributed by atoms with Crippen molar-refractivity contribution in [2.75, 3.05) is 13.7 Å². The number of hydrogen-bond acceptors (Lipinski definition) is 4. The van der Waals surface area contributed by atoms with Gasteiger partial charge in [-0.3, -0.25) is 0 Å². The summed E-state index contributed by atoms with van der Waals surface area (Å²) in [5.74, 6) is -0.333. The molecule has 2 aromatic heterocycles. The molecule has 2 rings (SSSR count). The summed E-state index contributed by atoms with van der Waals surface area (Å²) >= 11 is 0. The van der Waals surface area contributed by atoms with Crippen LogP contribution in [0.1, 0.15) is 16.2 Å². The largest absolute Gasteiger partial charge is 0.478 e. The first kappa shape index (κ1) is 10.6. The Labute approximate surface area is 91.5 Å². The van der Waals surface area contributed by atoms with Gasteiger partial charge >= 0.3 is 5.97 Å². The molecule has 0 aliphatic heterocycles. The van der Waals surface area contributed by atoms with Crippen molar-refractivity contribution in [3.8, 4) is 0 Å². The number of hydrogen-bond donors (Lipinski definition) is 1. The Bertz CT molecular complexity index is 521. The van der Waals surface area contributed by atoms with E-state index in [0.717, 1.165) is 0 Å². The molecule has 6 nitrogen and oxygen atoms in total. The van der Waals surface area contributed by atoms with Gasteiger partial charge in [-0.05, 0) is 12.1 Å². The fraction of sp³-hybridized carbons (Fsp3) is 0.300. The molecule has 16 heavy (non-hydrogen) atoms. The molecule has 0 aliphatic rings. The number of pyridine rings is 1. The second kappa shape index (κ2) is 4.28. The SMILES string of the molecule is COCCc1nc2ccc(C(=O)O)cn2n1. The van der Waals surface area contributed by atoms with Gasteiger partial charge in [-0.1, -0.05) is 0 Å². The zero-order valence-electron chi connectivity index (χ0n) is 8.75. The van der Waals surface area contributed by atoms with Crippen molar-refractivity contribution in [2.24, 2.45) is 0 Å². The quantitative estimate of drug-likeness (QED) is 0.818. The average Bonchev–Trinajstić information content (AvgIpc) is 2.67. The maximum Gasteiger partial charge on any atom is 0.337 e. The number of ether oxygens (including phenoxy) is 1. The zero-order valence-corrected chi connectivity index (χ0v) is 8.75. The monoisotopic (exact) mass is 221 g/mol. The lowest BCUT2D eigenvalue weighted by Gasteiger charge is -1.93. The number of carboxylic acids is 1. The third-order valence-corrected chi connectivity index (χ3v) is 2.15. The van der Waals surface area contributed by atoms with Crippen LogP contribution in [-0.2, 0) is 11.2 Å². The second-order valence-electron chi connectivity index (χ2n) is 3.30. The molecule has 2 aromatic rings. The number of methoxy groups -OCH3 is 1. The van der Waals surface area contributed by atoms with Gasteiger partial charge < -0.3 is 9.84 Å². The lowest BCUT2D eigenvalue weighted by atomic mass is 10.3. The van der Waals surface area contributed by atoms with Gasteiger partial charge in [0, 0.05) is 19.7 Å². The fourth-order valence-corrected chi connectivity index (χ4v) is 1.35. The van der Waals surface area contributed by atoms with Gasteiger partial charge in [-0.2, -0.15) is 5.10 Å². The Balaban J connectivity index is 2.34. The summed E-state index contributed by atoms with van der Waals surface area (Å²) in [6.45, 7) is 0.544. The molecule has 0 saturated heterocycles. The maximum atomic E-state index is 10.7. The summed E-state index contributed by atoms with van der Waals surface area (Å²) in [6, 6.07) is 3.14. The summed E-state index contributed by atoms with van der Waals surface area (Å²) in [7, 11) is 1.61. The third kappa shape index (κ3) is 2.01. The van der Waals surface area contributed by atoms with Crippen LogP contribution in [0.5, 0.6) is 0 Å². The van der Waals surface area contributed by atoms with Crippen molar-refractivity contribution >= 4 is 11.6 Å². The summed E-state index contributed by atoms with van der Waals surface area (Å²) in [6.07, 6.45) is 2.06. The summed E-state index contributed by atoms with van der Waals surface area (Å²) < 4.78 is 6.39. The van der Waals surface area contributed by atoms with Crippen molar-refractivity contribution in [1.29, 1.82) is 0 Å². The summed E-state index contributed by atoms with van der Waals surface area (Å²) in [5, 5.41) is 13.0. The number of carbonyl (C=O) groups is 1. The van der Waals surface area contributed by atoms with Crippen LogP contribution < -0.4 is 0 Å². The fourth-order valence-electron chi connectivity index (χ4n) is 1.35. The standard InChI is InChI=1S/C10H11N3O3/c1-16-5-4-8-11-9-3-2-7(10(14)15)6-13(9)12-8/h2-3,6H,4-5H2,1H3,(H,14,15). The van der Waals surface area contributed by atoms with Crippen LogP contribution in [0, 0.1) is 0 Å². The van der Waals surface area contributed by atoms with Crippen LogP contribution in [0.25, 0.3) is 5.65 Å². The van der Waals surface area contributed by atoms with Gasteiger partial charge in [0.05, 0.1) is 12.2 Å². The van der Waals surface area contributed by atoms with Crippen molar-refractivity contribution in [3.05, 3.63) is 29.7 Å². The van der Waals surface area contributed by atoms with Crippen molar-refractivity contribution < 1.29 is 14.6 Å². The van der Waals surface area contributed by atoms with E-state index >= 15 is 0 Å². The van der Waals surface area contributed by atoms with Gasteiger partial charge in [0.1, 0.15) is 0 Å². The second-order valence-corrected chi connectivity index (χ2v) is 3.30. The van der Waals surface area contributed by atoms with E-state index in [4.69, 9.17) is 9.84 Å². The van der Waals surface area contributed by atoms with E-state index in [2.05, 4.69) is 10.1 Å². The number of nitrogens with zero attached hydrogens (tertiary/aromatic N) is 3. The molecule has 0 aliphatic carbocycles. The number of rotatable bonds is 4. The van der Waals surface area contributed by atoms with E-state index in [1.165, 1.54) is 16.8 Å². The average molecular weight is 221 g/mol. The molecular weight excluding hydrogens is 210 g/mol. The minimum absolute atomic E-state index is 0.190. The van der Waals surface area contributed by atoms with Crippen LogP contribution in [0.4, 0.5) is 0 Å². The number of fused-ring (bicyclic) bond motifs is 1. The van der Waals surface area contributed by atoms with Gasteiger partial charge in [-0.25, -0.2) is 14.3 Å². The van der Waals surface area contributed by atoms with Crippen LogP contribution in [0.2, 0.25) is 0 Å². The molecule has 84 valence electrons. The molecule has 0 bridgehead atoms. The molecule has 0 amide bonds. The predicted molar refractivity (Wildman–Crippen MR) is 55.5 cm³/mol. The van der Waals surface area contributed by atoms with E-state index in [1.54, 1.807) is 13.2 Å². The molecular formula is C10H11N3O3. The molecule has 0 saturated carbocycles. The van der Waals surface area contributed by atoms with E-state index in [-0.39, 0.29) is 5.56 Å². The predicted octanol–water partition coefficient (Wildman–Crippen LogP) is 0.616. The highest BCUT2D eigenvalue weighted by Gasteiger charge is 2.07. The van der Waals surface area contributed by atoms with E-state index in [0.29, 0.717) is 24.5 Å². The van der Waals surface area contributed by atoms with Gasteiger partial charge in [0.2, 0.25) is 0 Å². The molecule has 2 heterocycles. The van der Waals surface area contributed by atoms with E-state index < -0.39 is 5.97 Å². The minimum Gasteiger partial charge on any atom is -0.478 e. The lowest BCUT2D eigenvalue weighted by Crippen LogP contribution is -2.00. The Kier molecular flexibility index (Phi) is 2.82. The van der Waals surface area contributed by atoms with Crippen LogP contribution >= 0.6 is 0 Å². The molecule has 0 spiro atoms. The highest BCUT2D eigenvalue weighted by molar-refractivity contribution is 5.87. The number of carboxylic acid groups (broad SMARTS) is 1. The van der Waals surface area contributed by atoms with Crippen LogP contribution in [0.15, 0.2) is 18.3 Å². The molecule has 0 fully saturated rings. The molecule has 0 radical (unpaired) electrons. The lowest BCUT2D eigenvalue weighted by molar-refractivity contribution is 0.0696. The third-order valence-electron chi connectivity index (χ3n) is 2.15. The van der Waals surface area contributed by atoms with E-state index in [9.17, 15) is 4.79 Å². The molecule has 0 atom stereocenters. The Hall–Kier alpha value is -1.95. The topological polar surface area (TPSA) is 76.7 Å². The summed E-state index contributed by atoms with van der Waals surface area (Å²) in [5.41, 5.74) is 0.826. The Morgan fingerprint density at radius 3 is 3.06 bits per heavy atom. The first-order valence-corrected chi connectivity index (χ1v) is 4.78. The molecule has 6 heteroatoms. The van der Waals surface area contributed by atoms with Crippen molar-refractivity contribution in [2.45, 2.75) is 6.42 Å². The van der Waals surface area contributed by atoms with Crippen molar-refractivity contribution in [1.82, 2.24) is 14.6 Å². The van der Waals surface area contributed by atoms with Crippen molar-refractivity contribution in [3.63, 3.8) is 0 Å².